The van der Waals surface area contributed by atoms with Crippen molar-refractivity contribution in [3.05, 3.63) is 170 Å². The lowest BCUT2D eigenvalue weighted by Gasteiger charge is -2.24. The van der Waals surface area contributed by atoms with Gasteiger partial charge in [-0.3, -0.25) is 9.13 Å². The van der Waals surface area contributed by atoms with Gasteiger partial charge in [0.1, 0.15) is 22.4 Å². The number of benzene rings is 7. The molecule has 4 aromatic heterocycles. The predicted molar refractivity (Wildman–Crippen MR) is 221 cm³/mol. The summed E-state index contributed by atoms with van der Waals surface area (Å²) in [5.41, 5.74) is 13.2. The second-order valence-electron chi connectivity index (χ2n) is 13.7. The molecule has 0 N–H and O–H groups in total. The van der Waals surface area contributed by atoms with Crippen LogP contribution in [0.5, 0.6) is 0 Å². The number of rotatable bonds is 4. The van der Waals surface area contributed by atoms with Crippen molar-refractivity contribution < 1.29 is 4.42 Å². The van der Waals surface area contributed by atoms with E-state index in [0.29, 0.717) is 11.4 Å². The molecule has 0 bridgehead atoms. The van der Waals surface area contributed by atoms with E-state index in [2.05, 4.69) is 143 Å². The van der Waals surface area contributed by atoms with Crippen molar-refractivity contribution >= 4 is 66.7 Å². The molecular weight excluding hydrogens is 681 g/mol. The van der Waals surface area contributed by atoms with Crippen LogP contribution in [-0.4, -0.2) is 19.1 Å². The second kappa shape index (κ2) is 11.3. The topological polar surface area (TPSA) is 48.8 Å². The number of para-hydroxylation sites is 4. The molecule has 1 aliphatic heterocycles. The van der Waals surface area contributed by atoms with E-state index in [9.17, 15) is 0 Å². The lowest BCUT2D eigenvalue weighted by molar-refractivity contribution is 0.667. The minimum absolute atomic E-state index is 0.664. The van der Waals surface area contributed by atoms with Crippen molar-refractivity contribution in [3.8, 4) is 45.1 Å². The van der Waals surface area contributed by atoms with E-state index in [4.69, 9.17) is 14.4 Å². The molecule has 1 aliphatic rings. The highest BCUT2D eigenvalue weighted by Crippen LogP contribution is 2.52. The molecule has 0 fully saturated rings. The summed E-state index contributed by atoms with van der Waals surface area (Å²) in [6.07, 6.45) is 0. The van der Waals surface area contributed by atoms with Gasteiger partial charge in [0, 0.05) is 48.2 Å². The Morgan fingerprint density at radius 3 is 2.07 bits per heavy atom. The second-order valence-corrected chi connectivity index (χ2v) is 14.8. The average Bonchev–Trinajstić information content (AvgIpc) is 3.90. The summed E-state index contributed by atoms with van der Waals surface area (Å²) >= 11 is 1.85. The highest BCUT2D eigenvalue weighted by Gasteiger charge is 2.30. The summed E-state index contributed by atoms with van der Waals surface area (Å²) in [5, 5.41) is 4.76. The Labute approximate surface area is 313 Å². The van der Waals surface area contributed by atoms with Crippen molar-refractivity contribution in [2.75, 3.05) is 0 Å². The van der Waals surface area contributed by atoms with Crippen molar-refractivity contribution in [1.29, 1.82) is 0 Å². The van der Waals surface area contributed by atoms with E-state index in [1.54, 1.807) is 0 Å². The molecule has 0 radical (unpaired) electrons. The zero-order valence-corrected chi connectivity index (χ0v) is 29.6. The summed E-state index contributed by atoms with van der Waals surface area (Å²) in [6, 6.07) is 59.9. The molecule has 0 spiro atoms. The molecular formula is C48H28N4OS. The maximum atomic E-state index is 6.44. The van der Waals surface area contributed by atoms with Gasteiger partial charge in [-0.25, -0.2) is 9.97 Å². The van der Waals surface area contributed by atoms with Gasteiger partial charge >= 0.3 is 0 Å². The van der Waals surface area contributed by atoms with E-state index in [1.165, 1.54) is 42.6 Å². The van der Waals surface area contributed by atoms with Crippen molar-refractivity contribution in [1.82, 2.24) is 19.1 Å². The third-order valence-electron chi connectivity index (χ3n) is 10.7. The summed E-state index contributed by atoms with van der Waals surface area (Å²) in [6.45, 7) is 0. The Morgan fingerprint density at radius 1 is 0.519 bits per heavy atom. The first kappa shape index (κ1) is 29.7. The van der Waals surface area contributed by atoms with E-state index in [0.717, 1.165) is 55.8 Å². The van der Waals surface area contributed by atoms with Crippen LogP contribution in [-0.2, 0) is 0 Å². The predicted octanol–water partition coefficient (Wildman–Crippen LogP) is 12.9. The van der Waals surface area contributed by atoms with Crippen molar-refractivity contribution in [3.63, 3.8) is 0 Å². The molecule has 0 unspecified atom stereocenters. The first-order valence-corrected chi connectivity index (χ1v) is 18.9. The third-order valence-corrected chi connectivity index (χ3v) is 11.9. The molecule has 5 nitrogen and oxygen atoms in total. The molecule has 11 aromatic rings. The van der Waals surface area contributed by atoms with Gasteiger partial charge < -0.3 is 4.42 Å². The van der Waals surface area contributed by atoms with Crippen LogP contribution in [0.25, 0.3) is 100 Å². The summed E-state index contributed by atoms with van der Waals surface area (Å²) in [4.78, 5) is 13.0. The molecule has 252 valence electrons. The number of hydrogen-bond donors (Lipinski definition) is 0. The molecule has 7 aromatic carbocycles. The highest BCUT2D eigenvalue weighted by molar-refractivity contribution is 8.00. The molecule has 54 heavy (non-hydrogen) atoms. The van der Waals surface area contributed by atoms with E-state index in [-0.39, 0.29) is 0 Å². The molecule has 0 aliphatic carbocycles. The fraction of sp³-hybridized carbons (Fsp3) is 0. The number of fused-ring (bicyclic) bond motifs is 10. The minimum atomic E-state index is 0.664. The van der Waals surface area contributed by atoms with Crippen LogP contribution in [0.4, 0.5) is 0 Å². The van der Waals surface area contributed by atoms with Crippen LogP contribution in [0.3, 0.4) is 0 Å². The van der Waals surface area contributed by atoms with Gasteiger partial charge in [0.15, 0.2) is 11.4 Å². The largest absolute Gasteiger partial charge is 0.452 e. The fourth-order valence-corrected chi connectivity index (χ4v) is 9.68. The zero-order valence-electron chi connectivity index (χ0n) is 28.8. The van der Waals surface area contributed by atoms with Crippen molar-refractivity contribution in [2.45, 2.75) is 9.79 Å². The first-order valence-electron chi connectivity index (χ1n) is 18.1. The Morgan fingerprint density at radius 2 is 1.20 bits per heavy atom. The monoisotopic (exact) mass is 708 g/mol. The Bertz CT molecular complexity index is 3300. The van der Waals surface area contributed by atoms with Crippen molar-refractivity contribution in [2.24, 2.45) is 0 Å². The molecule has 5 heterocycles. The van der Waals surface area contributed by atoms with Gasteiger partial charge in [0.05, 0.1) is 16.7 Å². The molecule has 6 heteroatoms. The Balaban J connectivity index is 1.14. The van der Waals surface area contributed by atoms with Gasteiger partial charge in [0.2, 0.25) is 0 Å². The third kappa shape index (κ3) is 4.11. The van der Waals surface area contributed by atoms with Crippen LogP contribution >= 0.6 is 11.8 Å². The van der Waals surface area contributed by atoms with Crippen LogP contribution in [0.1, 0.15) is 0 Å². The lowest BCUT2D eigenvalue weighted by Crippen LogP contribution is -2.06. The maximum absolute atomic E-state index is 6.44. The average molecular weight is 709 g/mol. The quantitative estimate of drug-likeness (QED) is 0.183. The van der Waals surface area contributed by atoms with Gasteiger partial charge in [-0.2, -0.15) is 0 Å². The molecule has 12 rings (SSSR count). The number of furan rings is 1. The van der Waals surface area contributed by atoms with E-state index >= 15 is 0 Å². The molecule has 0 saturated heterocycles. The first-order chi connectivity index (χ1) is 26.8. The van der Waals surface area contributed by atoms with Crippen LogP contribution in [0.2, 0.25) is 0 Å². The molecule has 0 amide bonds. The smallest absolute Gasteiger partial charge is 0.180 e. The fourth-order valence-electron chi connectivity index (χ4n) is 8.47. The Hall–Kier alpha value is -6.89. The van der Waals surface area contributed by atoms with Gasteiger partial charge in [-0.05, 0) is 53.6 Å². The van der Waals surface area contributed by atoms with Gasteiger partial charge in [-0.1, -0.05) is 139 Å². The van der Waals surface area contributed by atoms with Crippen LogP contribution in [0, 0.1) is 0 Å². The summed E-state index contributed by atoms with van der Waals surface area (Å²) in [7, 11) is 0. The van der Waals surface area contributed by atoms with Gasteiger partial charge in [-0.15, -0.1) is 0 Å². The van der Waals surface area contributed by atoms with E-state index in [1.807, 2.05) is 48.2 Å². The Kier molecular flexibility index (Phi) is 6.21. The number of nitrogens with zero attached hydrogens (tertiary/aromatic N) is 4. The molecule has 0 saturated carbocycles. The number of hydrogen-bond acceptors (Lipinski definition) is 4. The van der Waals surface area contributed by atoms with Gasteiger partial charge in [0.25, 0.3) is 0 Å². The molecule has 0 atom stereocenters. The van der Waals surface area contributed by atoms with E-state index < -0.39 is 0 Å². The normalized spacial score (nSPS) is 12.4. The van der Waals surface area contributed by atoms with Crippen LogP contribution < -0.4 is 0 Å². The maximum Gasteiger partial charge on any atom is 0.180 e. The summed E-state index contributed by atoms with van der Waals surface area (Å²) < 4.78 is 11.4. The lowest BCUT2D eigenvalue weighted by atomic mass is 9.98. The highest BCUT2D eigenvalue weighted by atomic mass is 32.2. The minimum Gasteiger partial charge on any atom is -0.452 e. The number of aromatic nitrogens is 4. The zero-order chi connectivity index (χ0) is 35.3. The summed E-state index contributed by atoms with van der Waals surface area (Å²) in [5.74, 6) is 0.664. The standard InChI is InChI=1S/C48H28N4OS/c1-3-15-29(16-4-1)42-45-43(35-22-10-12-27-39(35)53-45)50-47(49-42)33-20-8-7-19-31(33)32-23-13-26-38-46(32)54-40-28-14-24-36-41-34-21-9-11-25-37(34)51(30-17-5-2-6-18-30)48(41)52(38)44(36)40/h1-28H. The van der Waals surface area contributed by atoms with Crippen LogP contribution in [0.15, 0.2) is 184 Å². The SMILES string of the molecule is c1ccc(-c2nc(-c3ccccc3-c3cccc4c3Sc3cccc5c6c7ccccc7n(-c7ccccc7)c6n-4c35)nc3c2oc2ccccc23)cc1.